The number of aryl methyl sites for hydroxylation is 1. The van der Waals surface area contributed by atoms with E-state index in [-0.39, 0.29) is 17.9 Å². The van der Waals surface area contributed by atoms with Gasteiger partial charge in [0.05, 0.1) is 0 Å². The second-order valence-electron chi connectivity index (χ2n) is 3.66. The smallest absolute Gasteiger partial charge is 0.303 e. The van der Waals surface area contributed by atoms with E-state index < -0.39 is 5.97 Å². The van der Waals surface area contributed by atoms with Gasteiger partial charge < -0.3 is 15.3 Å². The molecule has 0 aliphatic rings. The lowest BCUT2D eigenvalue weighted by Crippen LogP contribution is -1.86. The lowest BCUT2D eigenvalue weighted by Gasteiger charge is -2.03. The quantitative estimate of drug-likeness (QED) is 0.707. The number of aliphatic carboxylic acids is 1. The number of carboxylic acid groups (broad SMARTS) is 1. The molecule has 0 saturated carbocycles. The van der Waals surface area contributed by atoms with E-state index in [4.69, 9.17) is 10.2 Å². The number of phenolic OH excluding ortho intramolecular Hbond substituents is 2. The summed E-state index contributed by atoms with van der Waals surface area (Å²) < 4.78 is 0. The van der Waals surface area contributed by atoms with E-state index >= 15 is 0 Å². The standard InChI is InChI=1S/C10H14O2.C3H6O2/c1-2-3-4-8-7-9(11)5-6-10(8)12;1-2-3(4)5/h5-7,11-12H,2-4H2,1H3;2H2,1H3,(H,4,5). The predicted molar refractivity (Wildman–Crippen MR) is 66.3 cm³/mol. The summed E-state index contributed by atoms with van der Waals surface area (Å²) in [6.07, 6.45) is 3.18. The number of benzene rings is 1. The molecule has 0 bridgehead atoms. The minimum atomic E-state index is -0.745. The topological polar surface area (TPSA) is 77.8 Å². The first-order valence-corrected chi connectivity index (χ1v) is 5.73. The van der Waals surface area contributed by atoms with Gasteiger partial charge in [-0.2, -0.15) is 0 Å². The van der Waals surface area contributed by atoms with Crippen LogP contribution in [0.15, 0.2) is 18.2 Å². The van der Waals surface area contributed by atoms with Crippen molar-refractivity contribution in [3.05, 3.63) is 23.8 Å². The molecule has 0 aromatic heterocycles. The van der Waals surface area contributed by atoms with Gasteiger partial charge in [-0.25, -0.2) is 0 Å². The molecule has 1 aromatic rings. The van der Waals surface area contributed by atoms with Crippen LogP contribution in [0.25, 0.3) is 0 Å². The molecule has 0 aliphatic carbocycles. The third-order valence-corrected chi connectivity index (χ3v) is 2.17. The van der Waals surface area contributed by atoms with Crippen molar-refractivity contribution in [2.45, 2.75) is 39.5 Å². The van der Waals surface area contributed by atoms with Crippen LogP contribution in [0.4, 0.5) is 0 Å². The summed E-state index contributed by atoms with van der Waals surface area (Å²) in [6.45, 7) is 3.70. The first-order chi connectivity index (χ1) is 8.01. The van der Waals surface area contributed by atoms with Crippen molar-refractivity contribution in [2.24, 2.45) is 0 Å². The molecular formula is C13H20O4. The molecule has 0 spiro atoms. The third kappa shape index (κ3) is 7.22. The first kappa shape index (κ1) is 15.3. The summed E-state index contributed by atoms with van der Waals surface area (Å²) in [5.74, 6) is -0.245. The monoisotopic (exact) mass is 240 g/mol. The fourth-order valence-corrected chi connectivity index (χ4v) is 1.14. The maximum Gasteiger partial charge on any atom is 0.303 e. The number of rotatable bonds is 4. The molecular weight excluding hydrogens is 220 g/mol. The average Bonchev–Trinajstić information content (AvgIpc) is 2.31. The van der Waals surface area contributed by atoms with Crippen LogP contribution in [-0.2, 0) is 11.2 Å². The van der Waals surface area contributed by atoms with Crippen molar-refractivity contribution in [1.82, 2.24) is 0 Å². The molecule has 0 aliphatic heterocycles. The van der Waals surface area contributed by atoms with E-state index in [1.807, 2.05) is 0 Å². The number of carbonyl (C=O) groups is 1. The van der Waals surface area contributed by atoms with E-state index in [0.29, 0.717) is 0 Å². The average molecular weight is 240 g/mol. The SMILES string of the molecule is CCC(=O)O.CCCCc1cc(O)ccc1O. The van der Waals surface area contributed by atoms with Crippen LogP contribution in [0.5, 0.6) is 11.5 Å². The number of hydrogen-bond acceptors (Lipinski definition) is 3. The Bertz CT molecular complexity index is 347. The minimum Gasteiger partial charge on any atom is -0.508 e. The van der Waals surface area contributed by atoms with Crippen LogP contribution in [0.3, 0.4) is 0 Å². The van der Waals surface area contributed by atoms with Gasteiger partial charge in [-0.3, -0.25) is 4.79 Å². The molecule has 1 aromatic carbocycles. The van der Waals surface area contributed by atoms with Crippen molar-refractivity contribution in [2.75, 3.05) is 0 Å². The minimum absolute atomic E-state index is 0.221. The number of unbranched alkanes of at least 4 members (excludes halogenated alkanes) is 1. The molecule has 0 fully saturated rings. The van der Waals surface area contributed by atoms with E-state index in [9.17, 15) is 9.90 Å². The third-order valence-electron chi connectivity index (χ3n) is 2.17. The molecule has 0 heterocycles. The van der Waals surface area contributed by atoms with E-state index in [0.717, 1.165) is 24.8 Å². The zero-order chi connectivity index (χ0) is 13.3. The molecule has 0 radical (unpaired) electrons. The van der Waals surface area contributed by atoms with Gasteiger partial charge in [-0.05, 0) is 36.6 Å². The molecule has 4 nitrogen and oxygen atoms in total. The Labute approximate surface area is 102 Å². The highest BCUT2D eigenvalue weighted by atomic mass is 16.4. The van der Waals surface area contributed by atoms with Crippen LogP contribution in [-0.4, -0.2) is 21.3 Å². The number of phenols is 2. The second kappa shape index (κ2) is 8.44. The normalized spacial score (nSPS) is 9.29. The molecule has 1 rings (SSSR count). The summed E-state index contributed by atoms with van der Waals surface area (Å²) in [4.78, 5) is 9.37. The van der Waals surface area contributed by atoms with Gasteiger partial charge in [0.25, 0.3) is 0 Å². The predicted octanol–water partition coefficient (Wildman–Crippen LogP) is 2.92. The number of hydrogen-bond donors (Lipinski definition) is 3. The largest absolute Gasteiger partial charge is 0.508 e. The Morgan fingerprint density at radius 1 is 1.24 bits per heavy atom. The summed E-state index contributed by atoms with van der Waals surface area (Å²) in [7, 11) is 0. The number of carboxylic acids is 1. The number of aromatic hydroxyl groups is 2. The highest BCUT2D eigenvalue weighted by molar-refractivity contribution is 5.66. The molecule has 96 valence electrons. The van der Waals surface area contributed by atoms with Gasteiger partial charge in [0.1, 0.15) is 11.5 Å². The van der Waals surface area contributed by atoms with Gasteiger partial charge in [0, 0.05) is 6.42 Å². The van der Waals surface area contributed by atoms with Gasteiger partial charge >= 0.3 is 5.97 Å². The second-order valence-corrected chi connectivity index (χ2v) is 3.66. The molecule has 0 atom stereocenters. The molecule has 3 N–H and O–H groups in total. The highest BCUT2D eigenvalue weighted by Gasteiger charge is 2.00. The van der Waals surface area contributed by atoms with E-state index in [1.165, 1.54) is 12.1 Å². The zero-order valence-corrected chi connectivity index (χ0v) is 10.3. The van der Waals surface area contributed by atoms with Gasteiger partial charge in [0.15, 0.2) is 0 Å². The molecule has 0 amide bonds. The van der Waals surface area contributed by atoms with Crippen molar-refractivity contribution < 1.29 is 20.1 Å². The van der Waals surface area contributed by atoms with Crippen LogP contribution < -0.4 is 0 Å². The maximum absolute atomic E-state index is 9.37. The van der Waals surface area contributed by atoms with Crippen molar-refractivity contribution in [1.29, 1.82) is 0 Å². The Hall–Kier alpha value is -1.71. The Morgan fingerprint density at radius 3 is 2.29 bits per heavy atom. The van der Waals surface area contributed by atoms with Crippen molar-refractivity contribution in [3.8, 4) is 11.5 Å². The lowest BCUT2D eigenvalue weighted by molar-refractivity contribution is -0.136. The Kier molecular flexibility index (Phi) is 7.59. The van der Waals surface area contributed by atoms with Crippen LogP contribution in [0.1, 0.15) is 38.7 Å². The van der Waals surface area contributed by atoms with Gasteiger partial charge in [-0.1, -0.05) is 20.3 Å². The van der Waals surface area contributed by atoms with E-state index in [2.05, 4.69) is 6.92 Å². The van der Waals surface area contributed by atoms with E-state index in [1.54, 1.807) is 13.0 Å². The van der Waals surface area contributed by atoms with Crippen LogP contribution in [0, 0.1) is 0 Å². The Morgan fingerprint density at radius 2 is 1.82 bits per heavy atom. The summed E-state index contributed by atoms with van der Waals surface area (Å²) in [5.41, 5.74) is 0.830. The zero-order valence-electron chi connectivity index (χ0n) is 10.3. The summed E-state index contributed by atoms with van der Waals surface area (Å²) in [6, 6.07) is 4.64. The molecule has 0 saturated heterocycles. The molecule has 4 heteroatoms. The van der Waals surface area contributed by atoms with Gasteiger partial charge in [0.2, 0.25) is 0 Å². The highest BCUT2D eigenvalue weighted by Crippen LogP contribution is 2.23. The summed E-state index contributed by atoms with van der Waals surface area (Å²) in [5, 5.41) is 26.2. The van der Waals surface area contributed by atoms with Gasteiger partial charge in [-0.15, -0.1) is 0 Å². The first-order valence-electron chi connectivity index (χ1n) is 5.73. The van der Waals surface area contributed by atoms with Crippen molar-refractivity contribution in [3.63, 3.8) is 0 Å². The Balaban J connectivity index is 0.000000437. The van der Waals surface area contributed by atoms with Crippen LogP contribution in [0.2, 0.25) is 0 Å². The summed E-state index contributed by atoms with van der Waals surface area (Å²) >= 11 is 0. The molecule has 17 heavy (non-hydrogen) atoms. The maximum atomic E-state index is 9.37. The van der Waals surface area contributed by atoms with Crippen molar-refractivity contribution >= 4 is 5.97 Å². The van der Waals surface area contributed by atoms with Crippen LogP contribution >= 0.6 is 0 Å². The fourth-order valence-electron chi connectivity index (χ4n) is 1.14. The molecule has 0 unspecified atom stereocenters. The fraction of sp³-hybridized carbons (Fsp3) is 0.462. The lowest BCUT2D eigenvalue weighted by atomic mass is 10.1.